The Labute approximate surface area is 69.3 Å². The third kappa shape index (κ3) is 6.07. The number of allylic oxidation sites excluding steroid dienone is 1. The highest BCUT2D eigenvalue weighted by molar-refractivity contribution is 4.92. The van der Waals surface area contributed by atoms with Crippen molar-refractivity contribution in [1.29, 1.82) is 0 Å². The van der Waals surface area contributed by atoms with Gasteiger partial charge in [-0.05, 0) is 19.9 Å². The second-order valence-electron chi connectivity index (χ2n) is 2.62. The molecule has 0 aromatic heterocycles. The van der Waals surface area contributed by atoms with Crippen LogP contribution in [0.2, 0.25) is 0 Å². The van der Waals surface area contributed by atoms with Crippen molar-refractivity contribution in [3.8, 4) is 0 Å². The van der Waals surface area contributed by atoms with Gasteiger partial charge in [-0.25, -0.2) is 0 Å². The van der Waals surface area contributed by atoms with Crippen molar-refractivity contribution in [2.24, 2.45) is 0 Å². The van der Waals surface area contributed by atoms with Crippen LogP contribution in [-0.2, 0) is 0 Å². The second kappa shape index (κ2) is 7.76. The smallest absolute Gasteiger partial charge is 0.0448 e. The van der Waals surface area contributed by atoms with Gasteiger partial charge in [0.2, 0.25) is 0 Å². The van der Waals surface area contributed by atoms with Crippen molar-refractivity contribution in [2.75, 3.05) is 13.7 Å². The molecule has 0 aliphatic carbocycles. The van der Waals surface area contributed by atoms with Gasteiger partial charge in [-0.15, -0.1) is 0 Å². The van der Waals surface area contributed by atoms with Crippen molar-refractivity contribution >= 4 is 0 Å². The quantitative estimate of drug-likeness (QED) is 0.570. The Hall–Kier alpha value is -0.340. The van der Waals surface area contributed by atoms with E-state index in [2.05, 4.69) is 24.4 Å². The maximum atomic E-state index is 8.65. The summed E-state index contributed by atoms with van der Waals surface area (Å²) in [5, 5.41) is 11.8. The Morgan fingerprint density at radius 2 is 2.27 bits per heavy atom. The highest BCUT2D eigenvalue weighted by Crippen LogP contribution is 1.95. The minimum atomic E-state index is 0.252. The molecule has 2 N–H and O–H groups in total. The molecule has 2 nitrogen and oxygen atoms in total. The summed E-state index contributed by atoms with van der Waals surface area (Å²) in [4.78, 5) is 0. The van der Waals surface area contributed by atoms with Crippen LogP contribution >= 0.6 is 0 Å². The molecule has 0 heterocycles. The molecule has 0 aliphatic heterocycles. The number of nitrogens with one attached hydrogen (secondary N) is 1. The molecule has 0 unspecified atom stereocenters. The van der Waals surface area contributed by atoms with Crippen molar-refractivity contribution in [3.05, 3.63) is 12.2 Å². The summed E-state index contributed by atoms with van der Waals surface area (Å²) >= 11 is 0. The van der Waals surface area contributed by atoms with Crippen LogP contribution in [0, 0.1) is 0 Å². The van der Waals surface area contributed by atoms with Crippen LogP contribution < -0.4 is 5.32 Å². The van der Waals surface area contributed by atoms with Gasteiger partial charge in [-0.2, -0.15) is 0 Å². The van der Waals surface area contributed by atoms with Crippen LogP contribution in [0.5, 0.6) is 0 Å². The number of aliphatic hydroxyl groups is 1. The largest absolute Gasteiger partial charge is 0.396 e. The highest BCUT2D eigenvalue weighted by atomic mass is 16.3. The van der Waals surface area contributed by atoms with Crippen LogP contribution in [0.25, 0.3) is 0 Å². The molecular formula is C9H19NO. The van der Waals surface area contributed by atoms with Gasteiger partial charge in [-0.1, -0.05) is 25.5 Å². The van der Waals surface area contributed by atoms with Crippen LogP contribution in [-0.4, -0.2) is 24.8 Å². The lowest BCUT2D eigenvalue weighted by Gasteiger charge is -2.08. The Kier molecular flexibility index (Phi) is 7.52. The molecule has 0 fully saturated rings. The number of aliphatic hydroxyl groups excluding tert-OH is 1. The van der Waals surface area contributed by atoms with Gasteiger partial charge in [0.15, 0.2) is 0 Å². The minimum absolute atomic E-state index is 0.252. The molecule has 0 radical (unpaired) electrons. The summed E-state index contributed by atoms with van der Waals surface area (Å²) in [6.45, 7) is 2.41. The SMILES string of the molecule is CCC/C=C/[C@@H](CCO)NC. The van der Waals surface area contributed by atoms with Crippen LogP contribution in [0.4, 0.5) is 0 Å². The van der Waals surface area contributed by atoms with E-state index in [0.717, 1.165) is 12.8 Å². The van der Waals surface area contributed by atoms with E-state index in [1.807, 2.05) is 7.05 Å². The van der Waals surface area contributed by atoms with Gasteiger partial charge in [0, 0.05) is 12.6 Å². The number of unbranched alkanes of at least 4 members (excludes halogenated alkanes) is 1. The van der Waals surface area contributed by atoms with Crippen LogP contribution in [0.1, 0.15) is 26.2 Å². The molecule has 0 bridgehead atoms. The third-order valence-corrected chi connectivity index (χ3v) is 1.63. The predicted molar refractivity (Wildman–Crippen MR) is 48.6 cm³/mol. The second-order valence-corrected chi connectivity index (χ2v) is 2.62. The first kappa shape index (κ1) is 10.7. The summed E-state index contributed by atoms with van der Waals surface area (Å²) in [5.74, 6) is 0. The summed E-state index contributed by atoms with van der Waals surface area (Å²) in [6.07, 6.45) is 7.41. The van der Waals surface area contributed by atoms with Gasteiger partial charge in [-0.3, -0.25) is 0 Å². The number of hydrogen-bond donors (Lipinski definition) is 2. The Morgan fingerprint density at radius 1 is 1.55 bits per heavy atom. The lowest BCUT2D eigenvalue weighted by atomic mass is 10.2. The Morgan fingerprint density at radius 3 is 2.73 bits per heavy atom. The third-order valence-electron chi connectivity index (χ3n) is 1.63. The molecular weight excluding hydrogens is 138 g/mol. The zero-order chi connectivity index (χ0) is 8.53. The zero-order valence-electron chi connectivity index (χ0n) is 7.51. The number of hydrogen-bond acceptors (Lipinski definition) is 2. The van der Waals surface area contributed by atoms with E-state index in [1.54, 1.807) is 0 Å². The normalized spacial score (nSPS) is 14.1. The molecule has 0 amide bonds. The molecule has 2 heteroatoms. The fraction of sp³-hybridized carbons (Fsp3) is 0.778. The summed E-state index contributed by atoms with van der Waals surface area (Å²) in [5.41, 5.74) is 0. The molecule has 0 aromatic carbocycles. The van der Waals surface area contributed by atoms with E-state index < -0.39 is 0 Å². The topological polar surface area (TPSA) is 32.3 Å². The van der Waals surface area contributed by atoms with Crippen molar-refractivity contribution in [2.45, 2.75) is 32.2 Å². The molecule has 0 aliphatic rings. The fourth-order valence-corrected chi connectivity index (χ4v) is 0.903. The first-order chi connectivity index (χ1) is 5.35. The first-order valence-electron chi connectivity index (χ1n) is 4.30. The molecule has 0 rings (SSSR count). The number of likely N-dealkylation sites (N-methyl/N-ethyl adjacent to an activating group) is 1. The fourth-order valence-electron chi connectivity index (χ4n) is 0.903. The summed E-state index contributed by atoms with van der Waals surface area (Å²) in [6, 6.07) is 0.339. The monoisotopic (exact) mass is 157 g/mol. The van der Waals surface area contributed by atoms with Crippen LogP contribution in [0.15, 0.2) is 12.2 Å². The standard InChI is InChI=1S/C9H19NO/c1-3-4-5-6-9(10-2)7-8-11/h5-6,9-11H,3-4,7-8H2,1-2H3/b6-5+/t9-/m0/s1. The molecule has 0 saturated carbocycles. The van der Waals surface area contributed by atoms with E-state index in [-0.39, 0.29) is 6.61 Å². The average molecular weight is 157 g/mol. The molecule has 0 aromatic rings. The van der Waals surface area contributed by atoms with Gasteiger partial charge < -0.3 is 10.4 Å². The summed E-state index contributed by atoms with van der Waals surface area (Å²) in [7, 11) is 1.91. The Balaban J connectivity index is 3.49. The molecule has 0 saturated heterocycles. The maximum Gasteiger partial charge on any atom is 0.0448 e. The summed E-state index contributed by atoms with van der Waals surface area (Å²) < 4.78 is 0. The van der Waals surface area contributed by atoms with E-state index in [0.29, 0.717) is 6.04 Å². The minimum Gasteiger partial charge on any atom is -0.396 e. The van der Waals surface area contributed by atoms with E-state index in [1.165, 1.54) is 6.42 Å². The van der Waals surface area contributed by atoms with Crippen LogP contribution in [0.3, 0.4) is 0 Å². The van der Waals surface area contributed by atoms with Gasteiger partial charge in [0.05, 0.1) is 0 Å². The lowest BCUT2D eigenvalue weighted by molar-refractivity contribution is 0.277. The number of rotatable bonds is 6. The van der Waals surface area contributed by atoms with Gasteiger partial charge in [0.25, 0.3) is 0 Å². The maximum absolute atomic E-state index is 8.65. The molecule has 11 heavy (non-hydrogen) atoms. The van der Waals surface area contributed by atoms with Crippen molar-refractivity contribution in [3.63, 3.8) is 0 Å². The van der Waals surface area contributed by atoms with E-state index >= 15 is 0 Å². The van der Waals surface area contributed by atoms with Gasteiger partial charge >= 0.3 is 0 Å². The molecule has 0 spiro atoms. The highest BCUT2D eigenvalue weighted by Gasteiger charge is 1.97. The van der Waals surface area contributed by atoms with E-state index in [9.17, 15) is 0 Å². The van der Waals surface area contributed by atoms with E-state index in [4.69, 9.17) is 5.11 Å². The van der Waals surface area contributed by atoms with Gasteiger partial charge in [0.1, 0.15) is 0 Å². The van der Waals surface area contributed by atoms with Crippen molar-refractivity contribution < 1.29 is 5.11 Å². The zero-order valence-corrected chi connectivity index (χ0v) is 7.51. The first-order valence-corrected chi connectivity index (χ1v) is 4.30. The lowest BCUT2D eigenvalue weighted by Crippen LogP contribution is -2.23. The Bertz CT molecular complexity index is 102. The average Bonchev–Trinajstić information content (AvgIpc) is 2.03. The van der Waals surface area contributed by atoms with Crippen molar-refractivity contribution in [1.82, 2.24) is 5.32 Å². The predicted octanol–water partition coefficient (Wildman–Crippen LogP) is 1.31. The molecule has 66 valence electrons. The molecule has 1 atom stereocenters.